The molecule has 0 saturated heterocycles. The molecule has 9 aromatic rings. The van der Waals surface area contributed by atoms with Crippen LogP contribution in [0.2, 0.25) is 0 Å². The van der Waals surface area contributed by atoms with Crippen molar-refractivity contribution in [3.63, 3.8) is 0 Å². The van der Waals surface area contributed by atoms with Crippen LogP contribution in [0.15, 0.2) is 218 Å². The van der Waals surface area contributed by atoms with Crippen LogP contribution in [0.1, 0.15) is 50.1 Å². The molecule has 5 heteroatoms. The third-order valence-corrected chi connectivity index (χ3v) is 20.3. The second kappa shape index (κ2) is 26.2. The van der Waals surface area contributed by atoms with Gasteiger partial charge in [-0.1, -0.05) is 159 Å². The van der Waals surface area contributed by atoms with Crippen molar-refractivity contribution >= 4 is 81.2 Å². The van der Waals surface area contributed by atoms with Crippen molar-refractivity contribution in [2.45, 2.75) is 62.3 Å². The van der Waals surface area contributed by atoms with E-state index in [9.17, 15) is 0 Å². The molecule has 0 atom stereocenters. The minimum absolute atomic E-state index is 0.927. The first-order valence-corrected chi connectivity index (χ1v) is 30.0. The zero-order chi connectivity index (χ0) is 48.6. The Morgan fingerprint density at radius 2 is 0.250 bits per heavy atom. The quantitative estimate of drug-likeness (QED) is 0.0998. The van der Waals surface area contributed by atoms with Crippen LogP contribution in [0, 0.1) is 62.3 Å². The van der Waals surface area contributed by atoms with Gasteiger partial charge in [-0.3, -0.25) is 0 Å². The van der Waals surface area contributed by atoms with Gasteiger partial charge in [0.15, 0.2) is 0 Å². The molecule has 0 radical (unpaired) electrons. The van der Waals surface area contributed by atoms with Crippen molar-refractivity contribution in [1.82, 2.24) is 0 Å². The van der Waals surface area contributed by atoms with E-state index in [1.807, 2.05) is 17.3 Å². The fraction of sp³-hybridized carbons (Fsp3) is 0.143. The molecule has 345 valence electrons. The normalized spacial score (nSPS) is 10.7. The standard InChI is InChI=1S/3C21H21P.ClH.Ru/c3*1-16-4-10-19(11-5-16)22(20-12-6-17(2)7-13-20)21-14-8-18(3)9-15-21;;/h3*4-15H,1-3H3;1H;/q;;;;+1/p+2. The molecule has 9 rings (SSSR count). The van der Waals surface area contributed by atoms with Crippen LogP contribution < -0.4 is 47.7 Å². The van der Waals surface area contributed by atoms with E-state index >= 15 is 0 Å². The Balaban J connectivity index is 0.000000165. The number of benzene rings is 9. The van der Waals surface area contributed by atoms with E-state index in [0.717, 1.165) is 0 Å². The molecule has 0 bridgehead atoms. The first kappa shape index (κ1) is 52.6. The summed E-state index contributed by atoms with van der Waals surface area (Å²) in [7, 11) is 1.79. The van der Waals surface area contributed by atoms with Gasteiger partial charge in [0.2, 0.25) is 0 Å². The van der Waals surface area contributed by atoms with Crippen molar-refractivity contribution in [2.75, 3.05) is 0 Å². The van der Waals surface area contributed by atoms with Gasteiger partial charge >= 0.3 is 27.0 Å². The monoisotopic (exact) mass is 1050 g/mol. The Morgan fingerprint density at radius 3 is 0.324 bits per heavy atom. The molecule has 0 unspecified atom stereocenters. The molecule has 0 aliphatic heterocycles. The van der Waals surface area contributed by atoms with Crippen LogP contribution in [0.25, 0.3) is 0 Å². The van der Waals surface area contributed by atoms with Crippen molar-refractivity contribution < 1.29 is 17.3 Å². The third-order valence-electron chi connectivity index (χ3n) is 12.1. The Kier molecular flexibility index (Phi) is 20.3. The molecule has 0 spiro atoms. The van der Waals surface area contributed by atoms with Crippen LogP contribution in [0.4, 0.5) is 0 Å². The first-order chi connectivity index (χ1) is 32.9. The van der Waals surface area contributed by atoms with Crippen molar-refractivity contribution in [3.8, 4) is 0 Å². The van der Waals surface area contributed by atoms with E-state index in [-0.39, 0.29) is 0 Å². The summed E-state index contributed by atoms with van der Waals surface area (Å²) in [6, 6.07) is 81.4. The number of aryl methyl sites for hydroxylation is 9. The summed E-state index contributed by atoms with van der Waals surface area (Å²) < 4.78 is 0. The van der Waals surface area contributed by atoms with Crippen molar-refractivity contribution in [3.05, 3.63) is 268 Å². The van der Waals surface area contributed by atoms with Gasteiger partial charge in [0.05, 0.1) is 23.8 Å². The van der Waals surface area contributed by atoms with Gasteiger partial charge in [-0.25, -0.2) is 0 Å². The Morgan fingerprint density at radius 1 is 0.176 bits per heavy atom. The Hall–Kier alpha value is -4.82. The third kappa shape index (κ3) is 15.1. The summed E-state index contributed by atoms with van der Waals surface area (Å²) in [5, 5.41) is 13.0. The van der Waals surface area contributed by atoms with Crippen LogP contribution >= 0.6 is 33.5 Å². The molecular weight excluding hydrogens is 986 g/mol. The molecule has 0 fully saturated rings. The zero-order valence-electron chi connectivity index (χ0n) is 41.0. The summed E-state index contributed by atoms with van der Waals surface area (Å²) in [6.45, 7) is 19.3. The molecule has 0 aromatic heterocycles. The summed E-state index contributed by atoms with van der Waals surface area (Å²) in [5.74, 6) is 0. The van der Waals surface area contributed by atoms with E-state index in [4.69, 9.17) is 0 Å². The van der Waals surface area contributed by atoms with Gasteiger partial charge in [0.25, 0.3) is 0 Å². The SMILES string of the molecule is Cc1ccc([PH+](c2ccc(C)cc2)c2ccc(C)cc2)cc1.Cc1ccc([PH+](c2ccc(C)cc2)c2ccc(C)cc2)cc1.Cc1ccc([PH+](c2ccc(C)cc2)c2ccc(C)cc2)cc1.[Cl][Ru]. The number of hydrogen-bond donors (Lipinski definition) is 0. The molecule has 0 heterocycles. The molecule has 0 aliphatic carbocycles. The van der Waals surface area contributed by atoms with Crippen LogP contribution in [0.5, 0.6) is 0 Å². The zero-order valence-corrected chi connectivity index (χ0v) is 46.5. The fourth-order valence-electron chi connectivity index (χ4n) is 7.98. The van der Waals surface area contributed by atoms with Crippen LogP contribution in [0.3, 0.4) is 0 Å². The molecule has 68 heavy (non-hydrogen) atoms. The van der Waals surface area contributed by atoms with Crippen LogP contribution in [-0.4, -0.2) is 0 Å². The number of hydrogen-bond acceptors (Lipinski definition) is 0. The van der Waals surface area contributed by atoms with Gasteiger partial charge < -0.3 is 0 Å². The van der Waals surface area contributed by atoms with Crippen molar-refractivity contribution in [2.24, 2.45) is 0 Å². The van der Waals surface area contributed by atoms with Crippen molar-refractivity contribution in [1.29, 1.82) is 0 Å². The van der Waals surface area contributed by atoms with Crippen LogP contribution in [-0.2, 0) is 17.3 Å². The predicted octanol–water partition coefficient (Wildman–Crippen LogP) is 13.0. The average Bonchev–Trinajstić information content (AvgIpc) is 3.36. The molecule has 0 nitrogen and oxygen atoms in total. The summed E-state index contributed by atoms with van der Waals surface area (Å²) >= 11 is 1.82. The van der Waals surface area contributed by atoms with E-state index in [2.05, 4.69) is 290 Å². The summed E-state index contributed by atoms with van der Waals surface area (Å²) in [6.07, 6.45) is 0. The minimum atomic E-state index is -0.927. The number of halogens is 1. The van der Waals surface area contributed by atoms with Gasteiger partial charge in [0, 0.05) is 0 Å². The summed E-state index contributed by atoms with van der Waals surface area (Å²) in [5.41, 5.74) is 11.9. The van der Waals surface area contributed by atoms with E-state index in [1.54, 1.807) is 0 Å². The van der Waals surface area contributed by atoms with E-state index in [0.29, 0.717) is 0 Å². The topological polar surface area (TPSA) is 0 Å². The molecule has 0 amide bonds. The maximum absolute atomic E-state index is 4.57. The van der Waals surface area contributed by atoms with Gasteiger partial charge in [-0.2, -0.15) is 0 Å². The summed E-state index contributed by atoms with van der Waals surface area (Å²) in [4.78, 5) is 0. The fourth-order valence-corrected chi connectivity index (χ4v) is 15.5. The Bertz CT molecular complexity index is 2230. The predicted molar refractivity (Wildman–Crippen MR) is 308 cm³/mol. The second-order valence-electron chi connectivity index (χ2n) is 17.9. The molecule has 0 aliphatic rings. The molecule has 0 N–H and O–H groups in total. The maximum atomic E-state index is 4.57. The van der Waals surface area contributed by atoms with Gasteiger partial charge in [-0.15, -0.1) is 0 Å². The van der Waals surface area contributed by atoms with E-state index in [1.165, 1.54) is 97.8 Å². The second-order valence-corrected chi connectivity index (χ2v) is 25.4. The number of rotatable bonds is 9. The Labute approximate surface area is 426 Å². The van der Waals surface area contributed by atoms with Gasteiger partial charge in [-0.05, 0) is 172 Å². The molecule has 0 saturated carbocycles. The van der Waals surface area contributed by atoms with E-state index < -0.39 is 23.8 Å². The average molecular weight is 1050 g/mol. The molecule has 9 aromatic carbocycles. The first-order valence-electron chi connectivity index (χ1n) is 23.3. The van der Waals surface area contributed by atoms with Gasteiger partial charge in [0.1, 0.15) is 47.7 Å². The molecular formula is C63H66ClP3Ru+3.